The highest BCUT2D eigenvalue weighted by Gasteiger charge is 2.18. The molecule has 0 bridgehead atoms. The fraction of sp³-hybridized carbons (Fsp3) is 0.353. The summed E-state index contributed by atoms with van der Waals surface area (Å²) in [6, 6.07) is 5.24. The van der Waals surface area contributed by atoms with Crippen LogP contribution in [0.15, 0.2) is 29.0 Å². The van der Waals surface area contributed by atoms with Crippen LogP contribution in [0.4, 0.5) is 0 Å². The van der Waals surface area contributed by atoms with Gasteiger partial charge in [0.15, 0.2) is 11.5 Å². The molecule has 1 heterocycles. The van der Waals surface area contributed by atoms with Gasteiger partial charge >= 0.3 is 5.97 Å². The maximum atomic E-state index is 11.1. The number of carboxylic acid groups (broad SMARTS) is 1. The number of carboxylic acids is 1. The lowest BCUT2D eigenvalue weighted by Crippen LogP contribution is -2.23. The number of nitrogens with one attached hydrogen (secondary N) is 1. The maximum absolute atomic E-state index is 11.1. The quantitative estimate of drug-likeness (QED) is 0.723. The van der Waals surface area contributed by atoms with Crippen LogP contribution in [0.25, 0.3) is 0 Å². The SMILES string of the molecule is COc1cc(OC)c(OC)cc1CN[C@@H](CC(=O)O)c1ccsc1. The van der Waals surface area contributed by atoms with Gasteiger partial charge in [-0.1, -0.05) is 0 Å². The Balaban J connectivity index is 2.20. The van der Waals surface area contributed by atoms with E-state index in [1.807, 2.05) is 22.9 Å². The minimum Gasteiger partial charge on any atom is -0.496 e. The summed E-state index contributed by atoms with van der Waals surface area (Å²) in [7, 11) is 4.72. The van der Waals surface area contributed by atoms with E-state index in [1.54, 1.807) is 38.7 Å². The van der Waals surface area contributed by atoms with Crippen LogP contribution < -0.4 is 19.5 Å². The lowest BCUT2D eigenvalue weighted by atomic mass is 10.1. The number of aliphatic carboxylic acids is 1. The largest absolute Gasteiger partial charge is 0.496 e. The molecule has 1 aromatic heterocycles. The summed E-state index contributed by atoms with van der Waals surface area (Å²) in [6.45, 7) is 0.442. The third-order valence-corrected chi connectivity index (χ3v) is 4.35. The minimum absolute atomic E-state index is 0.00629. The summed E-state index contributed by atoms with van der Waals surface area (Å²) in [5, 5.41) is 16.3. The van der Waals surface area contributed by atoms with E-state index < -0.39 is 5.97 Å². The Morgan fingerprint density at radius 3 is 2.38 bits per heavy atom. The number of hydrogen-bond acceptors (Lipinski definition) is 6. The molecular weight excluding hydrogens is 330 g/mol. The van der Waals surface area contributed by atoms with E-state index in [4.69, 9.17) is 19.3 Å². The molecule has 1 aromatic carbocycles. The molecule has 0 amide bonds. The molecule has 0 aliphatic rings. The third kappa shape index (κ3) is 4.39. The highest BCUT2D eigenvalue weighted by Crippen LogP contribution is 2.35. The van der Waals surface area contributed by atoms with Crippen molar-refractivity contribution < 1.29 is 24.1 Å². The Labute approximate surface area is 145 Å². The lowest BCUT2D eigenvalue weighted by Gasteiger charge is -2.18. The van der Waals surface area contributed by atoms with Crippen LogP contribution in [-0.2, 0) is 11.3 Å². The predicted molar refractivity (Wildman–Crippen MR) is 92.3 cm³/mol. The average molecular weight is 351 g/mol. The number of carbonyl (C=O) groups is 1. The van der Waals surface area contributed by atoms with Crippen molar-refractivity contribution in [2.45, 2.75) is 19.0 Å². The van der Waals surface area contributed by atoms with E-state index in [9.17, 15) is 4.79 Å². The Bertz CT molecular complexity index is 672. The van der Waals surface area contributed by atoms with E-state index in [2.05, 4.69) is 5.32 Å². The van der Waals surface area contributed by atoms with E-state index in [-0.39, 0.29) is 12.5 Å². The molecule has 0 aliphatic heterocycles. The number of rotatable bonds is 9. The highest BCUT2D eigenvalue weighted by molar-refractivity contribution is 7.07. The van der Waals surface area contributed by atoms with Gasteiger partial charge < -0.3 is 24.6 Å². The first kappa shape index (κ1) is 18.1. The van der Waals surface area contributed by atoms with Crippen LogP contribution in [0, 0.1) is 0 Å². The number of benzene rings is 1. The van der Waals surface area contributed by atoms with Gasteiger partial charge in [-0.25, -0.2) is 0 Å². The predicted octanol–water partition coefficient (Wildman–Crippen LogP) is 3.08. The molecule has 0 fully saturated rings. The molecular formula is C17H21NO5S. The fourth-order valence-electron chi connectivity index (χ4n) is 2.42. The van der Waals surface area contributed by atoms with Crippen LogP contribution in [0.2, 0.25) is 0 Å². The minimum atomic E-state index is -0.849. The Morgan fingerprint density at radius 1 is 1.17 bits per heavy atom. The molecule has 2 aromatic rings. The molecule has 7 heteroatoms. The lowest BCUT2D eigenvalue weighted by molar-refractivity contribution is -0.137. The standard InChI is InChI=1S/C17H21NO5S/c1-21-14-8-16(23-3)15(22-2)6-12(14)9-18-13(7-17(19)20)11-4-5-24-10-11/h4-6,8,10,13,18H,7,9H2,1-3H3,(H,19,20)/t13-/m0/s1. The first-order valence-electron chi connectivity index (χ1n) is 7.35. The van der Waals surface area contributed by atoms with Gasteiger partial charge in [0.25, 0.3) is 0 Å². The molecule has 0 radical (unpaired) electrons. The first-order chi connectivity index (χ1) is 11.6. The molecule has 0 unspecified atom stereocenters. The van der Waals surface area contributed by atoms with Gasteiger partial charge in [-0.3, -0.25) is 4.79 Å². The van der Waals surface area contributed by atoms with Crippen LogP contribution in [0.3, 0.4) is 0 Å². The van der Waals surface area contributed by atoms with Gasteiger partial charge in [-0.15, -0.1) is 0 Å². The molecule has 2 rings (SSSR count). The number of methoxy groups -OCH3 is 3. The van der Waals surface area contributed by atoms with Gasteiger partial charge in [0.1, 0.15) is 5.75 Å². The average Bonchev–Trinajstić information content (AvgIpc) is 3.11. The Kier molecular flexibility index (Phi) is 6.45. The zero-order chi connectivity index (χ0) is 17.5. The molecule has 0 saturated heterocycles. The molecule has 0 spiro atoms. The van der Waals surface area contributed by atoms with Crippen molar-refractivity contribution >= 4 is 17.3 Å². The van der Waals surface area contributed by atoms with Crippen molar-refractivity contribution in [3.05, 3.63) is 40.1 Å². The summed E-state index contributed by atoms with van der Waals surface area (Å²) in [5.41, 5.74) is 1.82. The fourth-order valence-corrected chi connectivity index (χ4v) is 3.13. The monoisotopic (exact) mass is 351 g/mol. The Morgan fingerprint density at radius 2 is 1.83 bits per heavy atom. The number of thiophene rings is 1. The second-order valence-electron chi connectivity index (χ2n) is 5.11. The number of ether oxygens (including phenoxy) is 3. The van der Waals surface area contributed by atoms with Gasteiger partial charge in [0, 0.05) is 24.2 Å². The van der Waals surface area contributed by atoms with Crippen molar-refractivity contribution in [3.63, 3.8) is 0 Å². The van der Waals surface area contributed by atoms with Crippen molar-refractivity contribution in [1.82, 2.24) is 5.32 Å². The van der Waals surface area contributed by atoms with Gasteiger partial charge in [0.2, 0.25) is 0 Å². The normalized spacial score (nSPS) is 11.8. The molecule has 1 atom stereocenters. The van der Waals surface area contributed by atoms with E-state index in [1.165, 1.54) is 0 Å². The van der Waals surface area contributed by atoms with E-state index in [0.29, 0.717) is 23.8 Å². The van der Waals surface area contributed by atoms with Crippen molar-refractivity contribution in [2.24, 2.45) is 0 Å². The molecule has 24 heavy (non-hydrogen) atoms. The van der Waals surface area contributed by atoms with E-state index in [0.717, 1.165) is 11.1 Å². The smallest absolute Gasteiger partial charge is 0.305 e. The zero-order valence-electron chi connectivity index (χ0n) is 13.9. The molecule has 0 aliphatic carbocycles. The molecule has 130 valence electrons. The Hall–Kier alpha value is -2.25. The maximum Gasteiger partial charge on any atom is 0.305 e. The second kappa shape index (κ2) is 8.56. The van der Waals surface area contributed by atoms with Crippen molar-refractivity contribution in [3.8, 4) is 17.2 Å². The highest BCUT2D eigenvalue weighted by atomic mass is 32.1. The molecule has 0 saturated carbocycles. The van der Waals surface area contributed by atoms with Crippen LogP contribution >= 0.6 is 11.3 Å². The molecule has 2 N–H and O–H groups in total. The van der Waals surface area contributed by atoms with Crippen LogP contribution in [-0.4, -0.2) is 32.4 Å². The summed E-state index contributed by atoms with van der Waals surface area (Å²) in [5.74, 6) is 0.982. The second-order valence-corrected chi connectivity index (χ2v) is 5.89. The van der Waals surface area contributed by atoms with Gasteiger partial charge in [-0.2, -0.15) is 11.3 Å². The topological polar surface area (TPSA) is 77.0 Å². The summed E-state index contributed by atoms with van der Waals surface area (Å²) >= 11 is 1.54. The van der Waals surface area contributed by atoms with Crippen molar-refractivity contribution in [2.75, 3.05) is 21.3 Å². The number of hydrogen-bond donors (Lipinski definition) is 2. The first-order valence-corrected chi connectivity index (χ1v) is 8.29. The summed E-state index contributed by atoms with van der Waals surface area (Å²) < 4.78 is 16.0. The van der Waals surface area contributed by atoms with Crippen molar-refractivity contribution in [1.29, 1.82) is 0 Å². The zero-order valence-corrected chi connectivity index (χ0v) is 14.7. The van der Waals surface area contributed by atoms with Crippen LogP contribution in [0.1, 0.15) is 23.6 Å². The third-order valence-electron chi connectivity index (χ3n) is 3.65. The van der Waals surface area contributed by atoms with Gasteiger partial charge in [0.05, 0.1) is 27.8 Å². The molecule has 6 nitrogen and oxygen atoms in total. The summed E-state index contributed by atoms with van der Waals surface area (Å²) in [4.78, 5) is 11.1. The van der Waals surface area contributed by atoms with Crippen LogP contribution in [0.5, 0.6) is 17.2 Å². The summed E-state index contributed by atoms with van der Waals surface area (Å²) in [6.07, 6.45) is 0.00629. The van der Waals surface area contributed by atoms with Gasteiger partial charge in [-0.05, 0) is 28.5 Å². The van der Waals surface area contributed by atoms with E-state index >= 15 is 0 Å².